The quantitative estimate of drug-likeness (QED) is 0.151. The Morgan fingerprint density at radius 1 is 0.675 bits per heavy atom. The number of carbonyl (C=O) groups excluding carboxylic acids is 2. The molecule has 0 aromatic heterocycles. The van der Waals surface area contributed by atoms with Crippen molar-refractivity contribution in [2.45, 2.75) is 61.4 Å². The summed E-state index contributed by atoms with van der Waals surface area (Å²) in [4.78, 5) is 26.4. The number of fused-ring (bicyclic) bond motifs is 2. The van der Waals surface area contributed by atoms with Crippen LogP contribution in [0.3, 0.4) is 0 Å². The first kappa shape index (κ1) is 28.5. The molecule has 2 fully saturated rings. The van der Waals surface area contributed by atoms with E-state index in [9.17, 15) is 50.4 Å². The highest BCUT2D eigenvalue weighted by molar-refractivity contribution is 6.30. The molecule has 2 aromatic carbocycles. The summed E-state index contributed by atoms with van der Waals surface area (Å²) in [6, 6.07) is 8.22. The summed E-state index contributed by atoms with van der Waals surface area (Å²) in [6.45, 7) is -1.53. The molecule has 10 unspecified atom stereocenters. The first-order chi connectivity index (χ1) is 19.1. The maximum absolute atomic E-state index is 13.3. The zero-order valence-corrected chi connectivity index (χ0v) is 20.7. The fourth-order valence-corrected chi connectivity index (χ4v) is 5.07. The van der Waals surface area contributed by atoms with Crippen molar-refractivity contribution in [1.82, 2.24) is 0 Å². The van der Waals surface area contributed by atoms with Crippen LogP contribution in [0.25, 0.3) is 0 Å². The van der Waals surface area contributed by atoms with Gasteiger partial charge in [-0.3, -0.25) is 9.59 Å². The summed E-state index contributed by atoms with van der Waals surface area (Å²) in [5.41, 5.74) is -0.434. The SMILES string of the molecule is O=C1c2cccc(O)c2C(=O)c2c(OC3OC(CO)C(OC4OC(CO)C(O)C(O)C4O)C(O)C3O)cccc21. The van der Waals surface area contributed by atoms with E-state index in [4.69, 9.17) is 18.9 Å². The lowest BCUT2D eigenvalue weighted by molar-refractivity contribution is -0.352. The molecule has 5 rings (SSSR count). The Labute approximate surface area is 226 Å². The number of aromatic hydroxyl groups is 1. The Kier molecular flexibility index (Phi) is 7.91. The van der Waals surface area contributed by atoms with Crippen molar-refractivity contribution in [1.29, 1.82) is 0 Å². The van der Waals surface area contributed by atoms with E-state index < -0.39 is 91.9 Å². The molecule has 3 aliphatic rings. The number of benzene rings is 2. The monoisotopic (exact) mass is 564 g/mol. The molecule has 1 aliphatic carbocycles. The first-order valence-corrected chi connectivity index (χ1v) is 12.4. The van der Waals surface area contributed by atoms with Crippen LogP contribution in [0.5, 0.6) is 11.5 Å². The number of aliphatic hydroxyl groups is 7. The number of rotatable bonds is 6. The van der Waals surface area contributed by atoms with Crippen LogP contribution in [0.15, 0.2) is 36.4 Å². The minimum Gasteiger partial charge on any atom is -0.507 e. The fourth-order valence-electron chi connectivity index (χ4n) is 5.07. The van der Waals surface area contributed by atoms with Crippen LogP contribution in [-0.2, 0) is 14.2 Å². The van der Waals surface area contributed by atoms with Gasteiger partial charge >= 0.3 is 0 Å². The predicted octanol–water partition coefficient (Wildman–Crippen LogP) is -2.83. The van der Waals surface area contributed by atoms with Crippen molar-refractivity contribution in [3.8, 4) is 11.5 Å². The molecule has 2 heterocycles. The molecule has 14 nitrogen and oxygen atoms in total. The second-order valence-corrected chi connectivity index (χ2v) is 9.66. The number of ether oxygens (including phenoxy) is 4. The van der Waals surface area contributed by atoms with E-state index in [0.29, 0.717) is 0 Å². The van der Waals surface area contributed by atoms with Gasteiger partial charge in [-0.15, -0.1) is 0 Å². The maximum Gasteiger partial charge on any atom is 0.229 e. The smallest absolute Gasteiger partial charge is 0.229 e. The molecular formula is C26H28O14. The van der Waals surface area contributed by atoms with Crippen molar-refractivity contribution in [2.24, 2.45) is 0 Å². The van der Waals surface area contributed by atoms with Crippen LogP contribution in [0, 0.1) is 0 Å². The topological polar surface area (TPSA) is 233 Å². The van der Waals surface area contributed by atoms with E-state index in [1.165, 1.54) is 36.4 Å². The number of phenols is 1. The average molecular weight is 564 g/mol. The van der Waals surface area contributed by atoms with Gasteiger partial charge in [0.05, 0.1) is 24.3 Å². The normalized spacial score (nSPS) is 35.7. The van der Waals surface area contributed by atoms with Gasteiger partial charge in [0.25, 0.3) is 0 Å². The summed E-state index contributed by atoms with van der Waals surface area (Å²) in [5, 5.41) is 81.4. The number of aliphatic hydroxyl groups excluding tert-OH is 7. The van der Waals surface area contributed by atoms with E-state index >= 15 is 0 Å². The van der Waals surface area contributed by atoms with Crippen molar-refractivity contribution >= 4 is 11.6 Å². The number of phenolic OH excluding ortho intramolecular Hbond substituents is 1. The molecule has 14 heteroatoms. The highest BCUT2D eigenvalue weighted by Crippen LogP contribution is 2.38. The summed E-state index contributed by atoms with van der Waals surface area (Å²) < 4.78 is 22.1. The largest absolute Gasteiger partial charge is 0.507 e. The van der Waals surface area contributed by atoms with E-state index in [-0.39, 0.29) is 28.0 Å². The molecule has 2 saturated heterocycles. The Hall–Kier alpha value is -3.02. The molecule has 2 aliphatic heterocycles. The third-order valence-electron chi connectivity index (χ3n) is 7.22. The van der Waals surface area contributed by atoms with Gasteiger partial charge in [-0.05, 0) is 12.1 Å². The molecule has 10 atom stereocenters. The Bertz CT molecular complexity index is 1280. The van der Waals surface area contributed by atoms with Gasteiger partial charge in [0.15, 0.2) is 12.1 Å². The molecule has 0 amide bonds. The molecule has 2 aromatic rings. The van der Waals surface area contributed by atoms with Gasteiger partial charge in [0, 0.05) is 11.1 Å². The van der Waals surface area contributed by atoms with Crippen LogP contribution >= 0.6 is 0 Å². The summed E-state index contributed by atoms with van der Waals surface area (Å²) >= 11 is 0. The molecule has 0 radical (unpaired) electrons. The van der Waals surface area contributed by atoms with Gasteiger partial charge in [0.1, 0.15) is 60.3 Å². The standard InChI is InChI=1S/C26H28O14/c27-7-13-18(31)20(33)22(35)26(38-13)40-24-14(8-28)39-25(23(36)21(24)34)37-12-6-2-4-10-16(12)19(32)15-9(17(10)30)3-1-5-11(15)29/h1-6,13-14,18,20-29,31,33-36H,7-8H2. The summed E-state index contributed by atoms with van der Waals surface area (Å²) in [6.07, 6.45) is -16.6. The van der Waals surface area contributed by atoms with Crippen molar-refractivity contribution in [2.75, 3.05) is 13.2 Å². The molecule has 0 spiro atoms. The lowest BCUT2D eigenvalue weighted by atomic mass is 9.83. The van der Waals surface area contributed by atoms with Gasteiger partial charge in [0.2, 0.25) is 12.1 Å². The van der Waals surface area contributed by atoms with Crippen LogP contribution in [0.1, 0.15) is 31.8 Å². The van der Waals surface area contributed by atoms with Gasteiger partial charge in [-0.2, -0.15) is 0 Å². The lowest BCUT2D eigenvalue weighted by Gasteiger charge is -2.45. The zero-order chi connectivity index (χ0) is 28.9. The van der Waals surface area contributed by atoms with E-state index in [1.54, 1.807) is 0 Å². The van der Waals surface area contributed by atoms with E-state index in [1.807, 2.05) is 0 Å². The van der Waals surface area contributed by atoms with Gasteiger partial charge < -0.3 is 59.8 Å². The number of hydrogen-bond donors (Lipinski definition) is 8. The van der Waals surface area contributed by atoms with Crippen LogP contribution in [-0.4, -0.2) is 127 Å². The minimum absolute atomic E-state index is 0.00699. The first-order valence-electron chi connectivity index (χ1n) is 12.4. The third kappa shape index (κ3) is 4.67. The highest BCUT2D eigenvalue weighted by Gasteiger charge is 2.51. The number of ketones is 2. The second-order valence-electron chi connectivity index (χ2n) is 9.66. The van der Waals surface area contributed by atoms with Crippen molar-refractivity contribution in [3.63, 3.8) is 0 Å². The Balaban J connectivity index is 1.38. The molecule has 8 N–H and O–H groups in total. The number of carbonyl (C=O) groups is 2. The third-order valence-corrected chi connectivity index (χ3v) is 7.22. The van der Waals surface area contributed by atoms with E-state index in [0.717, 1.165) is 0 Å². The van der Waals surface area contributed by atoms with Crippen molar-refractivity contribution < 1.29 is 69.4 Å². The summed E-state index contributed by atoms with van der Waals surface area (Å²) in [5.74, 6) is -1.87. The van der Waals surface area contributed by atoms with Gasteiger partial charge in [-0.25, -0.2) is 0 Å². The lowest BCUT2D eigenvalue weighted by Crippen LogP contribution is -2.65. The van der Waals surface area contributed by atoms with E-state index in [2.05, 4.69) is 0 Å². The molecule has 0 saturated carbocycles. The second kappa shape index (κ2) is 11.1. The molecular weight excluding hydrogens is 536 g/mol. The average Bonchev–Trinajstić information content (AvgIpc) is 2.95. The fraction of sp³-hybridized carbons (Fsp3) is 0.462. The minimum atomic E-state index is -1.87. The number of hydrogen-bond acceptors (Lipinski definition) is 14. The molecule has 40 heavy (non-hydrogen) atoms. The molecule has 216 valence electrons. The maximum atomic E-state index is 13.3. The molecule has 0 bridgehead atoms. The summed E-state index contributed by atoms with van der Waals surface area (Å²) in [7, 11) is 0. The van der Waals surface area contributed by atoms with Crippen LogP contribution in [0.4, 0.5) is 0 Å². The Morgan fingerprint density at radius 2 is 1.27 bits per heavy atom. The zero-order valence-electron chi connectivity index (χ0n) is 20.7. The van der Waals surface area contributed by atoms with Crippen LogP contribution < -0.4 is 4.74 Å². The van der Waals surface area contributed by atoms with Crippen LogP contribution in [0.2, 0.25) is 0 Å². The van der Waals surface area contributed by atoms with Crippen molar-refractivity contribution in [3.05, 3.63) is 58.7 Å². The van der Waals surface area contributed by atoms with Gasteiger partial charge in [-0.1, -0.05) is 24.3 Å². The predicted molar refractivity (Wildman–Crippen MR) is 128 cm³/mol. The highest BCUT2D eigenvalue weighted by atomic mass is 16.7. The Morgan fingerprint density at radius 3 is 1.95 bits per heavy atom.